The largest absolute Gasteiger partial charge is 0.322 e. The lowest BCUT2D eigenvalue weighted by atomic mass is 10.0. The Balaban J connectivity index is 1.39. The molecule has 0 saturated carbocycles. The molecule has 1 saturated heterocycles. The maximum Gasteiger partial charge on any atom is 0.255 e. The van der Waals surface area contributed by atoms with Crippen LogP contribution in [0.15, 0.2) is 54.6 Å². The van der Waals surface area contributed by atoms with Crippen LogP contribution in [0.1, 0.15) is 32.7 Å². The van der Waals surface area contributed by atoms with Crippen LogP contribution in [0.3, 0.4) is 0 Å². The van der Waals surface area contributed by atoms with Crippen molar-refractivity contribution >= 4 is 23.8 Å². The SMILES string of the molecule is Cc1ccc(C(=O)Nc2ccc(CN3CCN(C)CC3)cc2)cc1C#Cc1ccc(NC=O)nn1. The lowest BCUT2D eigenvalue weighted by molar-refractivity contribution is -0.105. The van der Waals surface area contributed by atoms with E-state index in [2.05, 4.69) is 61.7 Å². The van der Waals surface area contributed by atoms with Gasteiger partial charge in [0.2, 0.25) is 6.41 Å². The Morgan fingerprint density at radius 3 is 2.46 bits per heavy atom. The van der Waals surface area contributed by atoms with Gasteiger partial charge in [-0.25, -0.2) is 0 Å². The first-order chi connectivity index (χ1) is 17.0. The standard InChI is InChI=1S/C27H28N6O2/c1-20-3-6-23(17-22(20)7-10-25-11-12-26(28-19-34)31-30-25)27(35)29-24-8-4-21(5-9-24)18-33-15-13-32(2)14-16-33/h3-6,8-9,11-12,17,19H,13-16,18H2,1-2H3,(H,29,35)(H,28,31,34). The van der Waals surface area contributed by atoms with Crippen molar-refractivity contribution in [3.05, 3.63) is 82.5 Å². The summed E-state index contributed by atoms with van der Waals surface area (Å²) in [5, 5.41) is 13.2. The molecule has 4 rings (SSSR count). The van der Waals surface area contributed by atoms with Gasteiger partial charge in [0.25, 0.3) is 5.91 Å². The van der Waals surface area contributed by atoms with Gasteiger partial charge in [0.05, 0.1) is 0 Å². The minimum Gasteiger partial charge on any atom is -0.322 e. The fraction of sp³-hybridized carbons (Fsp3) is 0.259. The summed E-state index contributed by atoms with van der Waals surface area (Å²) < 4.78 is 0. The number of carbonyl (C=O) groups excluding carboxylic acids is 2. The van der Waals surface area contributed by atoms with E-state index in [0.717, 1.165) is 49.5 Å². The number of piperazine rings is 1. The third-order valence-corrected chi connectivity index (χ3v) is 5.91. The molecule has 0 unspecified atom stereocenters. The van der Waals surface area contributed by atoms with Gasteiger partial charge >= 0.3 is 0 Å². The molecule has 8 nitrogen and oxygen atoms in total. The monoisotopic (exact) mass is 468 g/mol. The molecule has 2 aromatic carbocycles. The van der Waals surface area contributed by atoms with Crippen LogP contribution in [-0.2, 0) is 11.3 Å². The number of hydrogen-bond acceptors (Lipinski definition) is 6. The molecular formula is C27H28N6O2. The number of anilines is 2. The summed E-state index contributed by atoms with van der Waals surface area (Å²) >= 11 is 0. The van der Waals surface area contributed by atoms with Gasteiger partial charge in [-0.1, -0.05) is 24.1 Å². The topological polar surface area (TPSA) is 90.5 Å². The molecule has 2 N–H and O–H groups in total. The van der Waals surface area contributed by atoms with Crippen LogP contribution in [0.4, 0.5) is 11.5 Å². The molecule has 2 heterocycles. The van der Waals surface area contributed by atoms with Gasteiger partial charge in [0, 0.05) is 49.5 Å². The first kappa shape index (κ1) is 24.1. The lowest BCUT2D eigenvalue weighted by Crippen LogP contribution is -2.43. The maximum atomic E-state index is 12.9. The molecule has 0 atom stereocenters. The summed E-state index contributed by atoms with van der Waals surface area (Å²) in [6, 6.07) is 16.8. The smallest absolute Gasteiger partial charge is 0.255 e. The number of likely N-dealkylation sites (N-methyl/N-ethyl adjacent to an activating group) is 1. The molecule has 0 spiro atoms. The molecule has 2 amide bonds. The molecule has 178 valence electrons. The van der Waals surface area contributed by atoms with Crippen molar-refractivity contribution in [2.75, 3.05) is 43.9 Å². The van der Waals surface area contributed by atoms with E-state index in [4.69, 9.17) is 0 Å². The van der Waals surface area contributed by atoms with Gasteiger partial charge in [-0.05, 0) is 67.4 Å². The van der Waals surface area contributed by atoms with Gasteiger partial charge < -0.3 is 15.5 Å². The number of hydrogen-bond donors (Lipinski definition) is 2. The van der Waals surface area contributed by atoms with Crippen LogP contribution in [0.25, 0.3) is 0 Å². The number of nitrogens with zero attached hydrogens (tertiary/aromatic N) is 4. The van der Waals surface area contributed by atoms with Crippen LogP contribution in [0.2, 0.25) is 0 Å². The van der Waals surface area contributed by atoms with Crippen LogP contribution >= 0.6 is 0 Å². The first-order valence-electron chi connectivity index (χ1n) is 11.5. The second kappa shape index (κ2) is 11.4. The van der Waals surface area contributed by atoms with Crippen LogP contribution < -0.4 is 10.6 Å². The summed E-state index contributed by atoms with van der Waals surface area (Å²) in [5.74, 6) is 6.17. The molecule has 0 bridgehead atoms. The molecule has 1 aliphatic heterocycles. The Hall–Kier alpha value is -4.06. The zero-order chi connectivity index (χ0) is 24.6. The molecule has 0 radical (unpaired) electrons. The molecule has 1 aliphatic rings. The summed E-state index contributed by atoms with van der Waals surface area (Å²) in [5.41, 5.74) is 4.67. The third-order valence-electron chi connectivity index (χ3n) is 5.91. The summed E-state index contributed by atoms with van der Waals surface area (Å²) in [7, 11) is 2.15. The van der Waals surface area contributed by atoms with E-state index in [0.29, 0.717) is 23.5 Å². The average molecular weight is 469 g/mol. The number of nitrogens with one attached hydrogen (secondary N) is 2. The van der Waals surface area contributed by atoms with Crippen molar-refractivity contribution in [3.63, 3.8) is 0 Å². The van der Waals surface area contributed by atoms with Crippen molar-refractivity contribution in [2.45, 2.75) is 13.5 Å². The third kappa shape index (κ3) is 6.73. The normalized spacial score (nSPS) is 14.0. The molecular weight excluding hydrogens is 440 g/mol. The number of rotatable bonds is 6. The van der Waals surface area contributed by atoms with Gasteiger partial charge in [-0.15, -0.1) is 10.2 Å². The van der Waals surface area contributed by atoms with Gasteiger partial charge in [-0.3, -0.25) is 14.5 Å². The van der Waals surface area contributed by atoms with E-state index in [-0.39, 0.29) is 5.91 Å². The molecule has 35 heavy (non-hydrogen) atoms. The van der Waals surface area contributed by atoms with Crippen molar-refractivity contribution in [3.8, 4) is 11.8 Å². The fourth-order valence-corrected chi connectivity index (χ4v) is 3.73. The maximum absolute atomic E-state index is 12.9. The van der Waals surface area contributed by atoms with E-state index in [1.807, 2.05) is 25.1 Å². The van der Waals surface area contributed by atoms with E-state index in [9.17, 15) is 9.59 Å². The number of aromatic nitrogens is 2. The summed E-state index contributed by atoms with van der Waals surface area (Å²) in [6.45, 7) is 7.19. The number of carbonyl (C=O) groups is 2. The Kier molecular flexibility index (Phi) is 7.83. The Labute approximate surface area is 205 Å². The van der Waals surface area contributed by atoms with E-state index >= 15 is 0 Å². The van der Waals surface area contributed by atoms with Crippen LogP contribution in [0.5, 0.6) is 0 Å². The lowest BCUT2D eigenvalue weighted by Gasteiger charge is -2.32. The van der Waals surface area contributed by atoms with Crippen molar-refractivity contribution in [1.82, 2.24) is 20.0 Å². The van der Waals surface area contributed by atoms with E-state index < -0.39 is 0 Å². The number of benzene rings is 2. The molecule has 1 fully saturated rings. The number of aryl methyl sites for hydroxylation is 1. The predicted octanol–water partition coefficient (Wildman–Crippen LogP) is 2.75. The second-order valence-electron chi connectivity index (χ2n) is 8.58. The highest BCUT2D eigenvalue weighted by Crippen LogP contribution is 2.16. The quantitative estimate of drug-likeness (QED) is 0.427. The number of amides is 2. The second-order valence-corrected chi connectivity index (χ2v) is 8.58. The highest BCUT2D eigenvalue weighted by Gasteiger charge is 2.14. The van der Waals surface area contributed by atoms with E-state index in [1.165, 1.54) is 5.56 Å². The summed E-state index contributed by atoms with van der Waals surface area (Å²) in [4.78, 5) is 28.1. The zero-order valence-electron chi connectivity index (χ0n) is 19.9. The van der Waals surface area contributed by atoms with Crippen LogP contribution in [0, 0.1) is 18.8 Å². The first-order valence-corrected chi connectivity index (χ1v) is 11.5. The molecule has 3 aromatic rings. The molecule has 1 aromatic heterocycles. The molecule has 8 heteroatoms. The van der Waals surface area contributed by atoms with Gasteiger partial charge in [0.15, 0.2) is 5.82 Å². The minimum absolute atomic E-state index is 0.191. The van der Waals surface area contributed by atoms with Crippen molar-refractivity contribution < 1.29 is 9.59 Å². The Morgan fingerprint density at radius 2 is 1.77 bits per heavy atom. The predicted molar refractivity (Wildman–Crippen MR) is 136 cm³/mol. The zero-order valence-corrected chi connectivity index (χ0v) is 19.9. The average Bonchev–Trinajstić information content (AvgIpc) is 2.87. The van der Waals surface area contributed by atoms with E-state index in [1.54, 1.807) is 24.3 Å². The highest BCUT2D eigenvalue weighted by molar-refractivity contribution is 6.04. The molecule has 0 aliphatic carbocycles. The Bertz CT molecular complexity index is 1240. The highest BCUT2D eigenvalue weighted by atomic mass is 16.1. The minimum atomic E-state index is -0.191. The van der Waals surface area contributed by atoms with Gasteiger partial charge in [0.1, 0.15) is 5.69 Å². The Morgan fingerprint density at radius 1 is 1.00 bits per heavy atom. The van der Waals surface area contributed by atoms with Crippen molar-refractivity contribution in [2.24, 2.45) is 0 Å². The van der Waals surface area contributed by atoms with Gasteiger partial charge in [-0.2, -0.15) is 0 Å². The van der Waals surface area contributed by atoms with Crippen molar-refractivity contribution in [1.29, 1.82) is 0 Å². The fourth-order valence-electron chi connectivity index (χ4n) is 3.73. The van der Waals surface area contributed by atoms with Crippen LogP contribution in [-0.4, -0.2) is 65.5 Å². The summed E-state index contributed by atoms with van der Waals surface area (Å²) in [6.07, 6.45) is 0.540.